The molecular weight excluding hydrogens is 346 g/mol. The second-order valence-corrected chi connectivity index (χ2v) is 5.78. The Morgan fingerprint density at radius 3 is 2.50 bits per heavy atom. The second-order valence-electron chi connectivity index (χ2n) is 4.87. The van der Waals surface area contributed by atoms with Crippen LogP contribution in [-0.4, -0.2) is 5.91 Å². The number of carbonyl (C=O) groups is 1. The highest BCUT2D eigenvalue weighted by atomic mass is 79.9. The van der Waals surface area contributed by atoms with Crippen LogP contribution in [0.1, 0.15) is 22.1 Å². The van der Waals surface area contributed by atoms with E-state index in [-0.39, 0.29) is 5.91 Å². The van der Waals surface area contributed by atoms with Crippen molar-refractivity contribution in [1.29, 1.82) is 0 Å². The predicted molar refractivity (Wildman–Crippen MR) is 86.5 cm³/mol. The molecule has 0 aliphatic heterocycles. The van der Waals surface area contributed by atoms with Gasteiger partial charge in [-0.25, -0.2) is 0 Å². The monoisotopic (exact) mass is 359 g/mol. The molecule has 0 atom stereocenters. The minimum absolute atomic E-state index is 0.255. The first-order chi connectivity index (χ1) is 10.6. The Bertz CT molecular complexity index is 786. The molecular formula is C17H14BrNO3. The van der Waals surface area contributed by atoms with E-state index >= 15 is 0 Å². The van der Waals surface area contributed by atoms with Crippen molar-refractivity contribution >= 4 is 21.8 Å². The van der Waals surface area contributed by atoms with Crippen molar-refractivity contribution in [3.05, 3.63) is 70.3 Å². The van der Waals surface area contributed by atoms with Gasteiger partial charge in [0.15, 0.2) is 5.76 Å². The van der Waals surface area contributed by atoms with Crippen molar-refractivity contribution in [2.24, 2.45) is 0 Å². The molecule has 1 N–H and O–H groups in total. The average molecular weight is 360 g/mol. The fourth-order valence-corrected chi connectivity index (χ4v) is 2.32. The average Bonchev–Trinajstić information content (AvgIpc) is 3.15. The van der Waals surface area contributed by atoms with Gasteiger partial charge >= 0.3 is 0 Å². The number of nitrogens with one attached hydrogen (secondary N) is 1. The molecule has 0 radical (unpaired) electrons. The smallest absolute Gasteiger partial charge is 0.287 e. The second kappa shape index (κ2) is 6.23. The molecule has 0 aliphatic carbocycles. The van der Waals surface area contributed by atoms with Crippen LogP contribution < -0.4 is 5.32 Å². The quantitative estimate of drug-likeness (QED) is 0.743. The van der Waals surface area contributed by atoms with E-state index in [0.29, 0.717) is 23.8 Å². The van der Waals surface area contributed by atoms with Crippen molar-refractivity contribution in [2.75, 3.05) is 0 Å². The van der Waals surface area contributed by atoms with Crippen LogP contribution in [0, 0.1) is 6.92 Å². The maximum Gasteiger partial charge on any atom is 0.287 e. The van der Waals surface area contributed by atoms with Crippen LogP contribution in [0.5, 0.6) is 0 Å². The molecule has 1 aromatic carbocycles. The van der Waals surface area contributed by atoms with Crippen molar-refractivity contribution in [3.8, 4) is 11.3 Å². The summed E-state index contributed by atoms with van der Waals surface area (Å²) < 4.78 is 12.0. The molecule has 4 nitrogen and oxygen atoms in total. The van der Waals surface area contributed by atoms with Crippen LogP contribution in [0.3, 0.4) is 0 Å². The minimum Gasteiger partial charge on any atom is -0.459 e. The molecule has 0 saturated carbocycles. The Kier molecular flexibility index (Phi) is 4.15. The van der Waals surface area contributed by atoms with Crippen molar-refractivity contribution in [3.63, 3.8) is 0 Å². The molecule has 1 amide bonds. The van der Waals surface area contributed by atoms with Gasteiger partial charge in [-0.15, -0.1) is 0 Å². The highest BCUT2D eigenvalue weighted by Crippen LogP contribution is 2.24. The number of hydrogen-bond acceptors (Lipinski definition) is 3. The van der Waals surface area contributed by atoms with Crippen LogP contribution in [0.15, 0.2) is 61.8 Å². The predicted octanol–water partition coefficient (Wildman–Crippen LogP) is 4.54. The van der Waals surface area contributed by atoms with Crippen LogP contribution in [0.25, 0.3) is 11.3 Å². The molecule has 0 fully saturated rings. The molecule has 0 aliphatic rings. The Hall–Kier alpha value is -2.27. The number of furan rings is 2. The molecule has 2 heterocycles. The first-order valence-corrected chi connectivity index (χ1v) is 7.60. The van der Waals surface area contributed by atoms with E-state index in [0.717, 1.165) is 15.8 Å². The summed E-state index contributed by atoms with van der Waals surface area (Å²) in [6.45, 7) is 2.11. The first-order valence-electron chi connectivity index (χ1n) is 6.81. The van der Waals surface area contributed by atoms with E-state index in [1.165, 1.54) is 0 Å². The van der Waals surface area contributed by atoms with Gasteiger partial charge in [-0.2, -0.15) is 0 Å². The van der Waals surface area contributed by atoms with Gasteiger partial charge in [0.1, 0.15) is 17.3 Å². The number of hydrogen-bond donors (Lipinski definition) is 1. The van der Waals surface area contributed by atoms with Gasteiger partial charge in [0, 0.05) is 10.0 Å². The van der Waals surface area contributed by atoms with Crippen molar-refractivity contribution in [2.45, 2.75) is 13.5 Å². The molecule has 0 saturated heterocycles. The fourth-order valence-electron chi connectivity index (χ4n) is 2.05. The standard InChI is InChI=1S/C17H14BrNO3/c1-11-2-8-16(21-11)17(20)19-10-14-7-9-15(22-14)12-3-5-13(18)6-4-12/h2-9H,10H2,1H3,(H,19,20). The summed E-state index contributed by atoms with van der Waals surface area (Å²) >= 11 is 3.40. The van der Waals surface area contributed by atoms with E-state index < -0.39 is 0 Å². The molecule has 0 spiro atoms. The molecule has 0 bridgehead atoms. The van der Waals surface area contributed by atoms with Gasteiger partial charge in [0.25, 0.3) is 5.91 Å². The van der Waals surface area contributed by atoms with Crippen LogP contribution >= 0.6 is 15.9 Å². The Balaban J connectivity index is 1.64. The Morgan fingerprint density at radius 2 is 1.82 bits per heavy atom. The van der Waals surface area contributed by atoms with Gasteiger partial charge < -0.3 is 14.2 Å². The first kappa shape index (κ1) is 14.7. The summed E-state index contributed by atoms with van der Waals surface area (Å²) in [5.74, 6) is 2.22. The molecule has 5 heteroatoms. The van der Waals surface area contributed by atoms with E-state index in [1.54, 1.807) is 19.1 Å². The molecule has 2 aromatic heterocycles. The number of benzene rings is 1. The van der Waals surface area contributed by atoms with Crippen molar-refractivity contribution in [1.82, 2.24) is 5.32 Å². The fraction of sp³-hybridized carbons (Fsp3) is 0.118. The van der Waals surface area contributed by atoms with Gasteiger partial charge in [-0.3, -0.25) is 4.79 Å². The summed E-state index contributed by atoms with van der Waals surface area (Å²) in [6.07, 6.45) is 0. The third kappa shape index (κ3) is 3.31. The van der Waals surface area contributed by atoms with Gasteiger partial charge in [0.05, 0.1) is 6.54 Å². The normalized spacial score (nSPS) is 10.6. The number of aryl methyl sites for hydroxylation is 1. The Morgan fingerprint density at radius 1 is 1.05 bits per heavy atom. The largest absolute Gasteiger partial charge is 0.459 e. The molecule has 3 aromatic rings. The highest BCUT2D eigenvalue weighted by Gasteiger charge is 2.11. The van der Waals surface area contributed by atoms with E-state index in [1.807, 2.05) is 36.4 Å². The maximum absolute atomic E-state index is 11.9. The highest BCUT2D eigenvalue weighted by molar-refractivity contribution is 9.10. The number of carbonyl (C=O) groups excluding carboxylic acids is 1. The van der Waals surface area contributed by atoms with E-state index in [4.69, 9.17) is 8.83 Å². The lowest BCUT2D eigenvalue weighted by atomic mass is 10.2. The van der Waals surface area contributed by atoms with Crippen LogP contribution in [-0.2, 0) is 6.54 Å². The molecule has 0 unspecified atom stereocenters. The SMILES string of the molecule is Cc1ccc(C(=O)NCc2ccc(-c3ccc(Br)cc3)o2)o1. The number of rotatable bonds is 4. The third-order valence-corrected chi connectivity index (χ3v) is 3.71. The molecule has 3 rings (SSSR count). The number of halogens is 1. The summed E-state index contributed by atoms with van der Waals surface area (Å²) in [4.78, 5) is 11.9. The lowest BCUT2D eigenvalue weighted by Crippen LogP contribution is -2.21. The zero-order chi connectivity index (χ0) is 15.5. The Labute approximate surface area is 136 Å². The van der Waals surface area contributed by atoms with E-state index in [2.05, 4.69) is 21.2 Å². The van der Waals surface area contributed by atoms with E-state index in [9.17, 15) is 4.79 Å². The summed E-state index contributed by atoms with van der Waals surface area (Å²) in [5, 5.41) is 2.77. The van der Waals surface area contributed by atoms with Gasteiger partial charge in [-0.05, 0) is 43.3 Å². The van der Waals surface area contributed by atoms with Crippen LogP contribution in [0.2, 0.25) is 0 Å². The van der Waals surface area contributed by atoms with Crippen LogP contribution in [0.4, 0.5) is 0 Å². The molecule has 22 heavy (non-hydrogen) atoms. The summed E-state index contributed by atoms with van der Waals surface area (Å²) in [6, 6.07) is 15.0. The lowest BCUT2D eigenvalue weighted by molar-refractivity contribution is 0.0919. The minimum atomic E-state index is -0.255. The molecule has 112 valence electrons. The summed E-state index contributed by atoms with van der Waals surface area (Å²) in [7, 11) is 0. The zero-order valence-corrected chi connectivity index (χ0v) is 13.5. The summed E-state index contributed by atoms with van der Waals surface area (Å²) in [5.41, 5.74) is 0.988. The zero-order valence-electron chi connectivity index (χ0n) is 11.9. The maximum atomic E-state index is 11.9. The third-order valence-electron chi connectivity index (χ3n) is 3.18. The van der Waals surface area contributed by atoms with Gasteiger partial charge in [-0.1, -0.05) is 28.1 Å². The number of amides is 1. The lowest BCUT2D eigenvalue weighted by Gasteiger charge is -2.01. The van der Waals surface area contributed by atoms with Gasteiger partial charge in [0.2, 0.25) is 0 Å². The topological polar surface area (TPSA) is 55.4 Å². The van der Waals surface area contributed by atoms with Crippen molar-refractivity contribution < 1.29 is 13.6 Å².